The molecule has 0 amide bonds. The average molecular weight is 363 g/mol. The van der Waals surface area contributed by atoms with Crippen LogP contribution in [0.3, 0.4) is 0 Å². The monoisotopic (exact) mass is 362 g/mol. The Morgan fingerprint density at radius 1 is 0.769 bits per heavy atom. The highest BCUT2D eigenvalue weighted by Crippen LogP contribution is 2.13. The molecule has 0 aromatic carbocycles. The number of unbranched alkanes of at least 4 members (excludes halogenated alkanes) is 12. The molecule has 1 aromatic rings. The van der Waals surface area contributed by atoms with Gasteiger partial charge >= 0.3 is 12.2 Å². The smallest absolute Gasteiger partial charge is 0.310 e. The number of carbonyl (C=O) groups is 1. The fraction of sp³-hybridized carbons (Fsp3) is 0.739. The van der Waals surface area contributed by atoms with Crippen molar-refractivity contribution in [3.8, 4) is 0 Å². The largest absolute Gasteiger partial charge is 0.403 e. The van der Waals surface area contributed by atoms with Crippen LogP contribution in [0.25, 0.3) is 0 Å². The molecule has 0 fully saturated rings. The third-order valence-electron chi connectivity index (χ3n) is 4.94. The number of hydrogen-bond acceptors (Lipinski definition) is 2. The quantitative estimate of drug-likeness (QED) is 0.190. The number of pyridine rings is 1. The summed E-state index contributed by atoms with van der Waals surface area (Å²) in [7, 11) is 0. The van der Waals surface area contributed by atoms with Crippen molar-refractivity contribution in [3.63, 3.8) is 0 Å². The Kier molecular flexibility index (Phi) is 13.8. The highest BCUT2D eigenvalue weighted by molar-refractivity contribution is 5.69. The van der Waals surface area contributed by atoms with E-state index in [4.69, 9.17) is 4.74 Å². The Bertz CT molecular complexity index is 447. The van der Waals surface area contributed by atoms with E-state index in [0.29, 0.717) is 6.42 Å². The first kappa shape index (κ1) is 22.7. The summed E-state index contributed by atoms with van der Waals surface area (Å²) in [6, 6.07) is 5.84. The minimum absolute atomic E-state index is 0.0862. The Morgan fingerprint density at radius 3 is 1.73 bits per heavy atom. The first-order valence-electron chi connectivity index (χ1n) is 10.9. The van der Waals surface area contributed by atoms with Gasteiger partial charge in [-0.15, -0.1) is 0 Å². The van der Waals surface area contributed by atoms with Gasteiger partial charge in [0.25, 0.3) is 0 Å². The second kappa shape index (κ2) is 15.8. The normalized spacial score (nSPS) is 12.1. The van der Waals surface area contributed by atoms with E-state index in [2.05, 4.69) is 6.92 Å². The molecular weight excluding hydrogens is 322 g/mol. The molecule has 1 aromatic heterocycles. The van der Waals surface area contributed by atoms with Gasteiger partial charge in [-0.2, -0.15) is 4.57 Å². The lowest BCUT2D eigenvalue weighted by Gasteiger charge is -2.08. The van der Waals surface area contributed by atoms with Gasteiger partial charge in [-0.05, 0) is 6.42 Å². The molecular formula is C23H40NO2+. The molecule has 0 bridgehead atoms. The van der Waals surface area contributed by atoms with Crippen LogP contribution in [-0.2, 0) is 9.53 Å². The van der Waals surface area contributed by atoms with Gasteiger partial charge in [0, 0.05) is 25.5 Å². The number of carbonyl (C=O) groups excluding carboxylic acids is 1. The van der Waals surface area contributed by atoms with E-state index in [1.807, 2.05) is 42.1 Å². The maximum absolute atomic E-state index is 11.9. The molecule has 0 saturated heterocycles. The number of nitrogens with zero attached hydrogens (tertiary/aromatic N) is 1. The maximum Gasteiger partial charge on any atom is 0.310 e. The van der Waals surface area contributed by atoms with Crippen LogP contribution in [0.2, 0.25) is 0 Å². The molecule has 26 heavy (non-hydrogen) atoms. The molecule has 0 radical (unpaired) electrons. The summed E-state index contributed by atoms with van der Waals surface area (Å²) >= 11 is 0. The van der Waals surface area contributed by atoms with Crippen molar-refractivity contribution in [2.75, 3.05) is 0 Å². The standard InChI is InChI=1S/C23H40NO2/c1-3-4-5-6-7-8-9-10-11-12-13-14-16-19-23(25)26-22(2)24-20-17-15-18-21-24/h15,17-18,20-22H,3-14,16,19H2,1-2H3/q+1. The molecule has 3 heteroatoms. The summed E-state index contributed by atoms with van der Waals surface area (Å²) < 4.78 is 7.37. The molecule has 0 spiro atoms. The average Bonchev–Trinajstić information content (AvgIpc) is 2.66. The Hall–Kier alpha value is -1.38. The van der Waals surface area contributed by atoms with Crippen molar-refractivity contribution in [1.82, 2.24) is 0 Å². The van der Waals surface area contributed by atoms with Crippen LogP contribution in [-0.4, -0.2) is 5.97 Å². The van der Waals surface area contributed by atoms with Crippen molar-refractivity contribution in [2.45, 2.75) is 110 Å². The van der Waals surface area contributed by atoms with E-state index < -0.39 is 0 Å². The number of hydrogen-bond donors (Lipinski definition) is 0. The van der Waals surface area contributed by atoms with Crippen LogP contribution in [0.1, 0.15) is 110 Å². The fourth-order valence-electron chi connectivity index (χ4n) is 3.25. The molecule has 1 rings (SSSR count). The van der Waals surface area contributed by atoms with E-state index in [0.717, 1.165) is 12.8 Å². The SMILES string of the molecule is CCCCCCCCCCCCCCCC(=O)OC(C)[n+]1ccccc1. The first-order valence-corrected chi connectivity index (χ1v) is 10.9. The van der Waals surface area contributed by atoms with Gasteiger partial charge in [0.2, 0.25) is 0 Å². The van der Waals surface area contributed by atoms with Gasteiger partial charge in [-0.1, -0.05) is 90.0 Å². The molecule has 0 aliphatic rings. The zero-order valence-corrected chi connectivity index (χ0v) is 17.1. The van der Waals surface area contributed by atoms with Crippen LogP contribution in [0.15, 0.2) is 30.6 Å². The Morgan fingerprint density at radius 2 is 1.23 bits per heavy atom. The predicted octanol–water partition coefficient (Wildman–Crippen LogP) is 6.52. The van der Waals surface area contributed by atoms with E-state index in [-0.39, 0.29) is 12.2 Å². The van der Waals surface area contributed by atoms with Crippen molar-refractivity contribution in [1.29, 1.82) is 0 Å². The fourth-order valence-corrected chi connectivity index (χ4v) is 3.25. The Balaban J connectivity index is 1.87. The van der Waals surface area contributed by atoms with Gasteiger partial charge in [0.05, 0.1) is 0 Å². The molecule has 0 N–H and O–H groups in total. The minimum atomic E-state index is -0.231. The van der Waals surface area contributed by atoms with Crippen LogP contribution in [0.5, 0.6) is 0 Å². The number of aromatic nitrogens is 1. The predicted molar refractivity (Wildman–Crippen MR) is 108 cm³/mol. The summed E-state index contributed by atoms with van der Waals surface area (Å²) in [5.41, 5.74) is 0. The lowest BCUT2D eigenvalue weighted by molar-refractivity contribution is -0.753. The van der Waals surface area contributed by atoms with Gasteiger partial charge in [-0.3, -0.25) is 4.79 Å². The van der Waals surface area contributed by atoms with E-state index >= 15 is 0 Å². The van der Waals surface area contributed by atoms with Gasteiger partial charge in [0.1, 0.15) is 0 Å². The van der Waals surface area contributed by atoms with Crippen molar-refractivity contribution < 1.29 is 14.1 Å². The number of rotatable bonds is 16. The summed E-state index contributed by atoms with van der Waals surface area (Å²) in [5, 5.41) is 0. The second-order valence-corrected chi connectivity index (χ2v) is 7.40. The van der Waals surface area contributed by atoms with E-state index in [9.17, 15) is 4.79 Å². The summed E-state index contributed by atoms with van der Waals surface area (Å²) in [6.45, 7) is 4.18. The molecule has 3 nitrogen and oxygen atoms in total. The van der Waals surface area contributed by atoms with E-state index in [1.54, 1.807) is 0 Å². The highest BCUT2D eigenvalue weighted by Gasteiger charge is 2.15. The third kappa shape index (κ3) is 12.1. The van der Waals surface area contributed by atoms with E-state index in [1.165, 1.54) is 70.6 Å². The minimum Gasteiger partial charge on any atom is -0.403 e. The molecule has 148 valence electrons. The van der Waals surface area contributed by atoms with Crippen LogP contribution in [0, 0.1) is 0 Å². The molecule has 1 heterocycles. The molecule has 0 aliphatic heterocycles. The maximum atomic E-state index is 11.9. The van der Waals surface area contributed by atoms with Crippen LogP contribution in [0.4, 0.5) is 0 Å². The lowest BCUT2D eigenvalue weighted by atomic mass is 10.0. The third-order valence-corrected chi connectivity index (χ3v) is 4.94. The van der Waals surface area contributed by atoms with Crippen LogP contribution < -0.4 is 4.57 Å². The van der Waals surface area contributed by atoms with Crippen molar-refractivity contribution >= 4 is 5.97 Å². The summed E-state index contributed by atoms with van der Waals surface area (Å²) in [4.78, 5) is 11.9. The molecule has 0 aliphatic carbocycles. The first-order chi connectivity index (χ1) is 12.7. The zero-order valence-electron chi connectivity index (χ0n) is 17.1. The zero-order chi connectivity index (χ0) is 18.9. The van der Waals surface area contributed by atoms with Gasteiger partial charge in [-0.25, -0.2) is 0 Å². The van der Waals surface area contributed by atoms with Crippen molar-refractivity contribution in [3.05, 3.63) is 30.6 Å². The van der Waals surface area contributed by atoms with Crippen molar-refractivity contribution in [2.24, 2.45) is 0 Å². The lowest BCUT2D eigenvalue weighted by Crippen LogP contribution is -2.39. The molecule has 1 atom stereocenters. The Labute approximate surface area is 161 Å². The second-order valence-electron chi connectivity index (χ2n) is 7.40. The molecule has 1 unspecified atom stereocenters. The van der Waals surface area contributed by atoms with Gasteiger partial charge in [0.15, 0.2) is 12.4 Å². The topological polar surface area (TPSA) is 30.2 Å². The highest BCUT2D eigenvalue weighted by atomic mass is 16.6. The molecule has 0 saturated carbocycles. The summed E-state index contributed by atoms with van der Waals surface area (Å²) in [6.07, 6.45) is 21.3. The number of ether oxygens (including phenoxy) is 1. The van der Waals surface area contributed by atoms with Crippen LogP contribution >= 0.6 is 0 Å². The summed E-state index contributed by atoms with van der Waals surface area (Å²) in [5.74, 6) is -0.0862. The number of esters is 1. The van der Waals surface area contributed by atoms with Gasteiger partial charge < -0.3 is 4.74 Å².